The molecule has 0 bridgehead atoms. The number of hydrogen-bond donors (Lipinski definition) is 1. The first-order valence-corrected chi connectivity index (χ1v) is 7.32. The van der Waals surface area contributed by atoms with Crippen LogP contribution in [-0.4, -0.2) is 4.98 Å². The van der Waals surface area contributed by atoms with Gasteiger partial charge in [-0.1, -0.05) is 15.9 Å². The van der Waals surface area contributed by atoms with E-state index in [4.69, 9.17) is 5.26 Å². The summed E-state index contributed by atoms with van der Waals surface area (Å²) in [5.74, 6) is 0. The lowest BCUT2D eigenvalue weighted by atomic mass is 10.2. The first-order valence-electron chi connectivity index (χ1n) is 5.71. The van der Waals surface area contributed by atoms with E-state index >= 15 is 0 Å². The number of fused-ring (bicyclic) bond motifs is 1. The van der Waals surface area contributed by atoms with Gasteiger partial charge in [-0.15, -0.1) is 11.3 Å². The molecule has 3 nitrogen and oxygen atoms in total. The minimum Gasteiger partial charge on any atom is -0.330 e. The summed E-state index contributed by atoms with van der Waals surface area (Å²) in [6.45, 7) is 0. The second-order valence-electron chi connectivity index (χ2n) is 4.17. The van der Waals surface area contributed by atoms with Crippen molar-refractivity contribution in [1.29, 1.82) is 5.26 Å². The van der Waals surface area contributed by atoms with Crippen LogP contribution in [0.15, 0.2) is 22.7 Å². The fourth-order valence-corrected chi connectivity index (χ4v) is 3.50. The van der Waals surface area contributed by atoms with Crippen molar-refractivity contribution in [1.82, 2.24) is 4.98 Å². The summed E-state index contributed by atoms with van der Waals surface area (Å²) in [4.78, 5) is 5.95. The van der Waals surface area contributed by atoms with Gasteiger partial charge in [0.25, 0.3) is 0 Å². The Hall–Kier alpha value is -1.38. The third kappa shape index (κ3) is 2.14. The summed E-state index contributed by atoms with van der Waals surface area (Å²) in [5.41, 5.74) is 2.66. The average molecular weight is 320 g/mol. The number of hydrogen-bond acceptors (Lipinski definition) is 4. The van der Waals surface area contributed by atoms with E-state index in [-0.39, 0.29) is 0 Å². The van der Waals surface area contributed by atoms with E-state index in [0.717, 1.165) is 28.1 Å². The molecule has 1 aromatic carbocycles. The van der Waals surface area contributed by atoms with Gasteiger partial charge < -0.3 is 5.32 Å². The molecular weight excluding hydrogens is 310 g/mol. The van der Waals surface area contributed by atoms with Crippen LogP contribution in [0.2, 0.25) is 0 Å². The summed E-state index contributed by atoms with van der Waals surface area (Å²) in [5, 5.41) is 13.2. The van der Waals surface area contributed by atoms with Crippen molar-refractivity contribution in [2.24, 2.45) is 0 Å². The summed E-state index contributed by atoms with van der Waals surface area (Å²) >= 11 is 5.11. The lowest BCUT2D eigenvalue weighted by Crippen LogP contribution is -1.93. The molecule has 0 amide bonds. The molecule has 18 heavy (non-hydrogen) atoms. The standard InChI is InChI=1S/C13H10BrN3S/c14-9-5-4-8(7-15)11(6-9)17-13-16-10-2-1-3-12(10)18-13/h4-6H,1-3H2,(H,16,17). The molecule has 0 fully saturated rings. The van der Waals surface area contributed by atoms with Crippen molar-refractivity contribution >= 4 is 38.1 Å². The predicted octanol–water partition coefficient (Wildman–Crippen LogP) is 4.01. The molecule has 1 aromatic heterocycles. The molecule has 90 valence electrons. The third-order valence-corrected chi connectivity index (χ3v) is 4.51. The highest BCUT2D eigenvalue weighted by Crippen LogP contribution is 2.33. The highest BCUT2D eigenvalue weighted by Gasteiger charge is 2.17. The number of nitrogens with one attached hydrogen (secondary N) is 1. The Morgan fingerprint density at radius 3 is 3.06 bits per heavy atom. The Bertz CT molecular complexity index is 621. The summed E-state index contributed by atoms with van der Waals surface area (Å²) in [6.07, 6.45) is 3.43. The van der Waals surface area contributed by atoms with Crippen molar-refractivity contribution in [3.8, 4) is 6.07 Å². The van der Waals surface area contributed by atoms with Crippen molar-refractivity contribution in [3.63, 3.8) is 0 Å². The van der Waals surface area contributed by atoms with E-state index in [0.29, 0.717) is 5.56 Å². The Kier molecular flexibility index (Phi) is 3.06. The second-order valence-corrected chi connectivity index (χ2v) is 6.17. The molecule has 1 heterocycles. The van der Waals surface area contributed by atoms with Crippen LogP contribution in [-0.2, 0) is 12.8 Å². The van der Waals surface area contributed by atoms with Gasteiger partial charge in [0.15, 0.2) is 5.13 Å². The number of halogens is 1. The van der Waals surface area contributed by atoms with E-state index in [1.54, 1.807) is 17.4 Å². The molecule has 0 spiro atoms. The van der Waals surface area contributed by atoms with Crippen LogP contribution >= 0.6 is 27.3 Å². The quantitative estimate of drug-likeness (QED) is 0.909. The van der Waals surface area contributed by atoms with Gasteiger partial charge in [-0.3, -0.25) is 0 Å². The first-order chi connectivity index (χ1) is 8.76. The van der Waals surface area contributed by atoms with Gasteiger partial charge in [0.1, 0.15) is 6.07 Å². The van der Waals surface area contributed by atoms with Gasteiger partial charge >= 0.3 is 0 Å². The maximum atomic E-state index is 9.08. The smallest absolute Gasteiger partial charge is 0.187 e. The Balaban J connectivity index is 1.92. The Labute approximate surface area is 118 Å². The molecule has 0 saturated carbocycles. The van der Waals surface area contributed by atoms with E-state index in [9.17, 15) is 0 Å². The lowest BCUT2D eigenvalue weighted by molar-refractivity contribution is 0.900. The fourth-order valence-electron chi connectivity index (χ4n) is 2.08. The topological polar surface area (TPSA) is 48.7 Å². The number of aryl methyl sites for hydroxylation is 2. The largest absolute Gasteiger partial charge is 0.330 e. The van der Waals surface area contributed by atoms with E-state index < -0.39 is 0 Å². The molecule has 1 aliphatic carbocycles. The maximum absolute atomic E-state index is 9.08. The lowest BCUT2D eigenvalue weighted by Gasteiger charge is -2.05. The van der Waals surface area contributed by atoms with Crippen LogP contribution in [0.4, 0.5) is 10.8 Å². The number of thiazole rings is 1. The molecule has 0 radical (unpaired) electrons. The van der Waals surface area contributed by atoms with Gasteiger partial charge in [0.05, 0.1) is 16.9 Å². The summed E-state index contributed by atoms with van der Waals surface area (Å²) in [7, 11) is 0. The van der Waals surface area contributed by atoms with Crippen molar-refractivity contribution < 1.29 is 0 Å². The maximum Gasteiger partial charge on any atom is 0.187 e. The summed E-state index contributed by atoms with van der Waals surface area (Å²) in [6, 6.07) is 7.76. The normalized spacial score (nSPS) is 13.1. The molecule has 1 N–H and O–H groups in total. The number of rotatable bonds is 2. The number of anilines is 2. The average Bonchev–Trinajstić information content (AvgIpc) is 2.90. The van der Waals surface area contributed by atoms with Crippen LogP contribution in [0.25, 0.3) is 0 Å². The number of nitrogens with zero attached hydrogens (tertiary/aromatic N) is 2. The van der Waals surface area contributed by atoms with Gasteiger partial charge in [-0.25, -0.2) is 4.98 Å². The van der Waals surface area contributed by atoms with E-state index in [1.807, 2.05) is 12.1 Å². The SMILES string of the molecule is N#Cc1ccc(Br)cc1Nc1nc2c(s1)CCC2. The molecule has 0 unspecified atom stereocenters. The van der Waals surface area contributed by atoms with Crippen LogP contribution in [0.3, 0.4) is 0 Å². The zero-order chi connectivity index (χ0) is 12.5. The number of benzene rings is 1. The minimum atomic E-state index is 0.633. The zero-order valence-electron chi connectivity index (χ0n) is 9.53. The predicted molar refractivity (Wildman–Crippen MR) is 76.3 cm³/mol. The molecule has 0 atom stereocenters. The third-order valence-electron chi connectivity index (χ3n) is 2.94. The van der Waals surface area contributed by atoms with Gasteiger partial charge in [-0.2, -0.15) is 5.26 Å². The second kappa shape index (κ2) is 4.71. The van der Waals surface area contributed by atoms with Crippen molar-refractivity contribution in [2.45, 2.75) is 19.3 Å². The van der Waals surface area contributed by atoms with Crippen LogP contribution < -0.4 is 5.32 Å². The zero-order valence-corrected chi connectivity index (χ0v) is 11.9. The Morgan fingerprint density at radius 1 is 1.39 bits per heavy atom. The molecule has 0 aliphatic heterocycles. The molecule has 3 rings (SSSR count). The number of nitriles is 1. The summed E-state index contributed by atoms with van der Waals surface area (Å²) < 4.78 is 0.952. The molecule has 2 aromatic rings. The molecule has 5 heteroatoms. The molecule has 0 saturated heterocycles. The minimum absolute atomic E-state index is 0.633. The van der Waals surface area contributed by atoms with Crippen LogP contribution in [0.5, 0.6) is 0 Å². The van der Waals surface area contributed by atoms with Crippen molar-refractivity contribution in [2.75, 3.05) is 5.32 Å². The Morgan fingerprint density at radius 2 is 2.28 bits per heavy atom. The van der Waals surface area contributed by atoms with Crippen LogP contribution in [0, 0.1) is 11.3 Å². The van der Waals surface area contributed by atoms with E-state index in [1.165, 1.54) is 17.0 Å². The fraction of sp³-hybridized carbons (Fsp3) is 0.231. The molecule has 1 aliphatic rings. The molecular formula is C13H10BrN3S. The van der Waals surface area contributed by atoms with Crippen LogP contribution in [0.1, 0.15) is 22.6 Å². The number of aromatic nitrogens is 1. The monoisotopic (exact) mass is 319 g/mol. The van der Waals surface area contributed by atoms with Crippen molar-refractivity contribution in [3.05, 3.63) is 38.8 Å². The highest BCUT2D eigenvalue weighted by molar-refractivity contribution is 9.10. The first kappa shape index (κ1) is 11.7. The van der Waals surface area contributed by atoms with Gasteiger partial charge in [0.2, 0.25) is 0 Å². The highest BCUT2D eigenvalue weighted by atomic mass is 79.9. The van der Waals surface area contributed by atoms with Gasteiger partial charge in [-0.05, 0) is 37.5 Å². The van der Waals surface area contributed by atoms with Gasteiger partial charge in [0, 0.05) is 9.35 Å². The van der Waals surface area contributed by atoms with E-state index in [2.05, 4.69) is 32.3 Å².